The molecular weight excluding hydrogens is 414 g/mol. The zero-order valence-corrected chi connectivity index (χ0v) is 16.7. The maximum absolute atomic E-state index is 12.4. The molecule has 174 valence electrons. The van der Waals surface area contributed by atoms with Gasteiger partial charge in [-0.1, -0.05) is 30.3 Å². The molecule has 0 radical (unpaired) electrons. The number of rotatable bonds is 13. The van der Waals surface area contributed by atoms with Crippen molar-refractivity contribution in [1.82, 2.24) is 10.6 Å². The minimum atomic E-state index is -2.20. The van der Waals surface area contributed by atoms with Gasteiger partial charge in [-0.2, -0.15) is 0 Å². The van der Waals surface area contributed by atoms with Crippen LogP contribution < -0.4 is 16.4 Å². The highest BCUT2D eigenvalue weighted by Crippen LogP contribution is 2.17. The number of aliphatic hydroxyl groups is 5. The van der Waals surface area contributed by atoms with E-state index in [0.29, 0.717) is 5.56 Å². The van der Waals surface area contributed by atoms with Crippen molar-refractivity contribution in [1.29, 1.82) is 0 Å². The number of hydrogen-bond acceptors (Lipinski definition) is 9. The zero-order chi connectivity index (χ0) is 23.6. The lowest BCUT2D eigenvalue weighted by Gasteiger charge is -2.30. The minimum Gasteiger partial charge on any atom is -0.481 e. The fraction of sp³-hybridized carbons (Fsp3) is 0.526. The Balaban J connectivity index is 2.83. The Kier molecular flexibility index (Phi) is 11.0. The third-order valence-corrected chi connectivity index (χ3v) is 4.55. The van der Waals surface area contributed by atoms with E-state index < -0.39 is 67.2 Å². The van der Waals surface area contributed by atoms with Gasteiger partial charge >= 0.3 is 5.97 Å². The summed E-state index contributed by atoms with van der Waals surface area (Å²) in [5.74, 6) is -3.21. The number of aliphatic carboxylic acids is 1. The molecule has 0 saturated heterocycles. The van der Waals surface area contributed by atoms with Crippen molar-refractivity contribution < 1.29 is 45.0 Å². The van der Waals surface area contributed by atoms with Crippen molar-refractivity contribution in [2.45, 2.75) is 49.3 Å². The van der Waals surface area contributed by atoms with Crippen LogP contribution in [0.2, 0.25) is 0 Å². The van der Waals surface area contributed by atoms with Gasteiger partial charge in [0.1, 0.15) is 12.2 Å². The Morgan fingerprint density at radius 3 is 2.06 bits per heavy atom. The highest BCUT2D eigenvalue weighted by Gasteiger charge is 2.37. The van der Waals surface area contributed by atoms with Crippen LogP contribution in [0, 0.1) is 0 Å². The summed E-state index contributed by atoms with van der Waals surface area (Å²) in [6.45, 7) is -1.23. The number of carbonyl (C=O) groups is 3. The molecule has 6 unspecified atom stereocenters. The third kappa shape index (κ3) is 8.20. The molecule has 1 rings (SSSR count). The second-order valence-electron chi connectivity index (χ2n) is 6.91. The molecule has 2 amide bonds. The van der Waals surface area contributed by atoms with Crippen LogP contribution in [-0.4, -0.2) is 92.0 Å². The molecule has 0 saturated carbocycles. The highest BCUT2D eigenvalue weighted by atomic mass is 16.4. The van der Waals surface area contributed by atoms with Crippen molar-refractivity contribution >= 4 is 17.8 Å². The van der Waals surface area contributed by atoms with Gasteiger partial charge in [0.25, 0.3) is 5.91 Å². The number of nitrogens with two attached hydrogens (primary N) is 1. The number of carboxylic acids is 1. The van der Waals surface area contributed by atoms with E-state index >= 15 is 0 Å². The molecule has 12 nitrogen and oxygen atoms in total. The monoisotopic (exact) mass is 443 g/mol. The van der Waals surface area contributed by atoms with Crippen LogP contribution in [-0.2, 0) is 14.4 Å². The van der Waals surface area contributed by atoms with Gasteiger partial charge in [-0.05, 0) is 12.0 Å². The van der Waals surface area contributed by atoms with Crippen molar-refractivity contribution in [2.24, 2.45) is 5.73 Å². The van der Waals surface area contributed by atoms with E-state index in [1.807, 2.05) is 0 Å². The predicted molar refractivity (Wildman–Crippen MR) is 106 cm³/mol. The number of hydrogen-bond donors (Lipinski definition) is 9. The van der Waals surface area contributed by atoms with E-state index in [0.717, 1.165) is 0 Å². The van der Waals surface area contributed by atoms with Gasteiger partial charge in [-0.25, -0.2) is 0 Å². The first-order valence-corrected chi connectivity index (χ1v) is 9.51. The van der Waals surface area contributed by atoms with E-state index in [9.17, 15) is 34.8 Å². The SMILES string of the molecule is NC(CCO)C(=O)NC(CO)C(O)C(O)C(O)C(=O)NC(CC(=O)O)c1ccccc1. The molecular formula is C19H29N3O9. The number of nitrogens with one attached hydrogen (secondary N) is 2. The first-order valence-electron chi connectivity index (χ1n) is 9.51. The zero-order valence-electron chi connectivity index (χ0n) is 16.7. The predicted octanol–water partition coefficient (Wildman–Crippen LogP) is -3.41. The molecule has 12 heteroatoms. The van der Waals surface area contributed by atoms with Gasteiger partial charge in [0.2, 0.25) is 5.91 Å². The summed E-state index contributed by atoms with van der Waals surface area (Å²) in [6.07, 6.45) is -6.89. The molecule has 0 fully saturated rings. The largest absolute Gasteiger partial charge is 0.481 e. The highest BCUT2D eigenvalue weighted by molar-refractivity contribution is 5.83. The lowest BCUT2D eigenvalue weighted by molar-refractivity contribution is -0.145. The Morgan fingerprint density at radius 2 is 1.55 bits per heavy atom. The van der Waals surface area contributed by atoms with Crippen molar-refractivity contribution in [2.75, 3.05) is 13.2 Å². The quantitative estimate of drug-likeness (QED) is 0.147. The average molecular weight is 443 g/mol. The van der Waals surface area contributed by atoms with E-state index in [2.05, 4.69) is 10.6 Å². The number of aliphatic hydroxyl groups excluding tert-OH is 5. The molecule has 6 atom stereocenters. The van der Waals surface area contributed by atoms with E-state index in [1.54, 1.807) is 30.3 Å². The average Bonchev–Trinajstić information content (AvgIpc) is 2.75. The Morgan fingerprint density at radius 1 is 0.935 bits per heavy atom. The van der Waals surface area contributed by atoms with Gasteiger partial charge in [0.15, 0.2) is 6.10 Å². The topological polar surface area (TPSA) is 223 Å². The molecule has 0 aliphatic rings. The summed E-state index contributed by atoms with van der Waals surface area (Å²) in [6, 6.07) is 4.45. The maximum atomic E-state index is 12.4. The summed E-state index contributed by atoms with van der Waals surface area (Å²) < 4.78 is 0. The van der Waals surface area contributed by atoms with Crippen LogP contribution >= 0.6 is 0 Å². The molecule has 0 aromatic heterocycles. The lowest BCUT2D eigenvalue weighted by atomic mass is 9.99. The van der Waals surface area contributed by atoms with Gasteiger partial charge in [0.05, 0.1) is 31.2 Å². The molecule has 0 spiro atoms. The Bertz CT molecular complexity index is 719. The van der Waals surface area contributed by atoms with Crippen LogP contribution in [0.4, 0.5) is 0 Å². The molecule has 0 aliphatic carbocycles. The van der Waals surface area contributed by atoms with Crippen LogP contribution in [0.3, 0.4) is 0 Å². The maximum Gasteiger partial charge on any atom is 0.305 e. The van der Waals surface area contributed by atoms with E-state index in [1.165, 1.54) is 0 Å². The summed E-state index contributed by atoms with van der Waals surface area (Å²) >= 11 is 0. The fourth-order valence-corrected chi connectivity index (χ4v) is 2.75. The Labute approximate surface area is 178 Å². The van der Waals surface area contributed by atoms with Crippen LogP contribution in [0.25, 0.3) is 0 Å². The summed E-state index contributed by atoms with van der Waals surface area (Å²) in [5.41, 5.74) is 5.95. The standard InChI is InChI=1S/C19H29N3O9/c20-11(6-7-23)18(30)22-13(9-24)15(27)16(28)17(29)19(31)21-12(8-14(25)26)10-4-2-1-3-5-10/h1-5,11-13,15-17,23-24,27-29H,6-9,20H2,(H,21,31)(H,22,30)(H,25,26). The van der Waals surface area contributed by atoms with E-state index in [-0.39, 0.29) is 13.0 Å². The minimum absolute atomic E-state index is 0.0852. The summed E-state index contributed by atoms with van der Waals surface area (Å²) in [7, 11) is 0. The third-order valence-electron chi connectivity index (χ3n) is 4.55. The fourth-order valence-electron chi connectivity index (χ4n) is 2.75. The second-order valence-corrected chi connectivity index (χ2v) is 6.91. The molecule has 1 aromatic carbocycles. The number of benzene rings is 1. The normalized spacial score (nSPS) is 17.0. The molecule has 0 aliphatic heterocycles. The number of carboxylic acid groups (broad SMARTS) is 1. The van der Waals surface area contributed by atoms with Gasteiger partial charge in [-0.15, -0.1) is 0 Å². The van der Waals surface area contributed by atoms with Crippen LogP contribution in [0.1, 0.15) is 24.4 Å². The van der Waals surface area contributed by atoms with Crippen molar-refractivity contribution in [3.05, 3.63) is 35.9 Å². The van der Waals surface area contributed by atoms with Crippen LogP contribution in [0.15, 0.2) is 30.3 Å². The summed E-state index contributed by atoms with van der Waals surface area (Å²) in [4.78, 5) is 35.4. The van der Waals surface area contributed by atoms with Gasteiger partial charge < -0.3 is 47.0 Å². The van der Waals surface area contributed by atoms with E-state index in [4.69, 9.17) is 15.9 Å². The second kappa shape index (κ2) is 12.9. The first-order chi connectivity index (χ1) is 14.6. The molecule has 0 heterocycles. The molecule has 10 N–H and O–H groups in total. The van der Waals surface area contributed by atoms with Crippen molar-refractivity contribution in [3.63, 3.8) is 0 Å². The smallest absolute Gasteiger partial charge is 0.305 e. The van der Waals surface area contributed by atoms with Crippen molar-refractivity contribution in [3.8, 4) is 0 Å². The molecule has 0 bridgehead atoms. The van der Waals surface area contributed by atoms with Gasteiger partial charge in [0, 0.05) is 6.61 Å². The molecule has 1 aromatic rings. The Hall–Kier alpha value is -2.61. The lowest BCUT2D eigenvalue weighted by Crippen LogP contribution is -2.58. The summed E-state index contributed by atoms with van der Waals surface area (Å²) in [5, 5.41) is 62.2. The number of amides is 2. The molecule has 31 heavy (non-hydrogen) atoms. The number of carbonyl (C=O) groups excluding carboxylic acids is 2. The van der Waals surface area contributed by atoms with Crippen LogP contribution in [0.5, 0.6) is 0 Å². The first kappa shape index (κ1) is 26.4. The van der Waals surface area contributed by atoms with Gasteiger partial charge in [-0.3, -0.25) is 14.4 Å².